The summed E-state index contributed by atoms with van der Waals surface area (Å²) in [5.74, 6) is 0.977. The van der Waals surface area contributed by atoms with Gasteiger partial charge in [-0.3, -0.25) is 9.69 Å². The number of halogens is 2. The van der Waals surface area contributed by atoms with E-state index in [1.807, 2.05) is 20.8 Å². The number of thioether (sulfide) groups is 1. The average Bonchev–Trinajstić information content (AvgIpc) is 3.04. The Morgan fingerprint density at radius 1 is 1.16 bits per heavy atom. The molecule has 130 valence electrons. The Morgan fingerprint density at radius 2 is 1.80 bits per heavy atom. The van der Waals surface area contributed by atoms with Crippen LogP contribution in [0.25, 0.3) is 17.4 Å². The van der Waals surface area contributed by atoms with Gasteiger partial charge in [-0.05, 0) is 45.0 Å². The second-order valence-corrected chi connectivity index (χ2v) is 8.98. The van der Waals surface area contributed by atoms with Gasteiger partial charge < -0.3 is 4.42 Å². The average molecular weight is 412 g/mol. The zero-order valence-electron chi connectivity index (χ0n) is 13.8. The number of benzene rings is 1. The second kappa shape index (κ2) is 6.80. The molecule has 1 fully saturated rings. The first kappa shape index (κ1) is 18.5. The van der Waals surface area contributed by atoms with Crippen LogP contribution in [0.5, 0.6) is 0 Å². The molecule has 1 saturated heterocycles. The Kier molecular flexibility index (Phi) is 5.04. The lowest BCUT2D eigenvalue weighted by atomic mass is 10.1. The molecule has 1 aromatic carbocycles. The minimum Gasteiger partial charge on any atom is -0.457 e. The van der Waals surface area contributed by atoms with E-state index in [2.05, 4.69) is 0 Å². The molecule has 1 aliphatic heterocycles. The number of hydrogen-bond acceptors (Lipinski definition) is 4. The van der Waals surface area contributed by atoms with Crippen molar-refractivity contribution < 1.29 is 9.21 Å². The van der Waals surface area contributed by atoms with E-state index in [1.54, 1.807) is 41.3 Å². The van der Waals surface area contributed by atoms with Crippen molar-refractivity contribution in [1.82, 2.24) is 4.90 Å². The number of amides is 1. The smallest absolute Gasteiger partial charge is 0.266 e. The molecule has 1 aromatic heterocycles. The number of hydrogen-bond donors (Lipinski definition) is 0. The predicted molar refractivity (Wildman–Crippen MR) is 109 cm³/mol. The molecule has 0 radical (unpaired) electrons. The van der Waals surface area contributed by atoms with E-state index >= 15 is 0 Å². The van der Waals surface area contributed by atoms with Gasteiger partial charge in [0.25, 0.3) is 5.91 Å². The van der Waals surface area contributed by atoms with E-state index in [0.717, 1.165) is 0 Å². The van der Waals surface area contributed by atoms with E-state index in [-0.39, 0.29) is 11.4 Å². The number of furan rings is 1. The summed E-state index contributed by atoms with van der Waals surface area (Å²) in [6.45, 7) is 5.85. The fourth-order valence-electron chi connectivity index (χ4n) is 2.47. The van der Waals surface area contributed by atoms with Gasteiger partial charge in [0, 0.05) is 11.6 Å². The van der Waals surface area contributed by atoms with E-state index in [0.29, 0.717) is 36.4 Å². The van der Waals surface area contributed by atoms with E-state index in [1.165, 1.54) is 11.8 Å². The lowest BCUT2D eigenvalue weighted by Gasteiger charge is -2.30. The van der Waals surface area contributed by atoms with Crippen LogP contribution in [0.1, 0.15) is 26.5 Å². The molecule has 25 heavy (non-hydrogen) atoms. The molecular formula is C18H15Cl2NO2S2. The first-order valence-corrected chi connectivity index (χ1v) is 9.49. The number of carbonyl (C=O) groups excluding carboxylic acids is 1. The third-order valence-electron chi connectivity index (χ3n) is 3.57. The molecule has 3 rings (SSSR count). The lowest BCUT2D eigenvalue weighted by molar-refractivity contribution is -0.125. The van der Waals surface area contributed by atoms with Crippen LogP contribution in [0.4, 0.5) is 0 Å². The summed E-state index contributed by atoms with van der Waals surface area (Å²) in [5, 5.41) is 1.01. The maximum Gasteiger partial charge on any atom is 0.266 e. The molecule has 0 bridgehead atoms. The molecule has 7 heteroatoms. The van der Waals surface area contributed by atoms with Crippen molar-refractivity contribution in [3.05, 3.63) is 51.0 Å². The zero-order chi connectivity index (χ0) is 18.4. The third-order valence-corrected chi connectivity index (χ3v) is 5.51. The summed E-state index contributed by atoms with van der Waals surface area (Å²) in [5.41, 5.74) is 0.267. The van der Waals surface area contributed by atoms with E-state index in [4.69, 9.17) is 39.8 Å². The van der Waals surface area contributed by atoms with Gasteiger partial charge in [-0.2, -0.15) is 0 Å². The SMILES string of the molecule is CC(C)(C)N1C(=O)C(=Cc2ccc(-c3c(Cl)cccc3Cl)o2)SC1=S. The van der Waals surface area contributed by atoms with Crippen LogP contribution in [0.15, 0.2) is 39.7 Å². The fraction of sp³-hybridized carbons (Fsp3) is 0.222. The van der Waals surface area contributed by atoms with Gasteiger partial charge in [0.1, 0.15) is 15.8 Å². The molecule has 0 unspecified atom stereocenters. The highest BCUT2D eigenvalue weighted by Gasteiger charge is 2.39. The lowest BCUT2D eigenvalue weighted by Crippen LogP contribution is -2.44. The second-order valence-electron chi connectivity index (χ2n) is 6.49. The number of rotatable bonds is 2. The summed E-state index contributed by atoms with van der Waals surface area (Å²) in [6, 6.07) is 8.83. The van der Waals surface area contributed by atoms with Crippen molar-refractivity contribution >= 4 is 63.5 Å². The Bertz CT molecular complexity index is 876. The Morgan fingerprint density at radius 3 is 2.36 bits per heavy atom. The third kappa shape index (κ3) is 3.65. The Labute approximate surface area is 166 Å². The maximum atomic E-state index is 12.6. The summed E-state index contributed by atoms with van der Waals surface area (Å²) in [6.07, 6.45) is 1.69. The largest absolute Gasteiger partial charge is 0.457 e. The molecule has 0 saturated carbocycles. The number of thiocarbonyl (C=S) groups is 1. The van der Waals surface area contributed by atoms with Gasteiger partial charge in [-0.25, -0.2) is 0 Å². The minimum atomic E-state index is -0.365. The van der Waals surface area contributed by atoms with Crippen molar-refractivity contribution in [2.45, 2.75) is 26.3 Å². The first-order valence-electron chi connectivity index (χ1n) is 7.51. The molecule has 1 amide bonds. The minimum absolute atomic E-state index is 0.115. The molecule has 3 nitrogen and oxygen atoms in total. The van der Waals surface area contributed by atoms with E-state index < -0.39 is 0 Å². The van der Waals surface area contributed by atoms with Gasteiger partial charge in [0.15, 0.2) is 0 Å². The Hall–Kier alpha value is -1.27. The van der Waals surface area contributed by atoms with Crippen LogP contribution < -0.4 is 0 Å². The van der Waals surface area contributed by atoms with Crippen molar-refractivity contribution in [2.24, 2.45) is 0 Å². The molecule has 0 N–H and O–H groups in total. The van der Waals surface area contributed by atoms with Crippen LogP contribution in [0.3, 0.4) is 0 Å². The maximum absolute atomic E-state index is 12.6. The standard InChI is InChI=1S/C18H15Cl2NO2S2/c1-18(2,3)21-16(22)14(25-17(21)24)9-10-7-8-13(23-10)15-11(19)5-4-6-12(15)20/h4-9H,1-3H3. The van der Waals surface area contributed by atoms with E-state index in [9.17, 15) is 4.79 Å². The highest BCUT2D eigenvalue weighted by molar-refractivity contribution is 8.26. The first-order chi connectivity index (χ1) is 11.7. The molecule has 0 aliphatic carbocycles. The van der Waals surface area contributed by atoms with Crippen LogP contribution >= 0.6 is 47.2 Å². The quantitative estimate of drug-likeness (QED) is 0.431. The monoisotopic (exact) mass is 411 g/mol. The van der Waals surface area contributed by atoms with Crippen LogP contribution in [0, 0.1) is 0 Å². The summed E-state index contributed by atoms with van der Waals surface area (Å²) in [7, 11) is 0. The summed E-state index contributed by atoms with van der Waals surface area (Å²) in [4.78, 5) is 14.8. The molecule has 1 aliphatic rings. The normalized spacial score (nSPS) is 17.0. The topological polar surface area (TPSA) is 33.5 Å². The zero-order valence-corrected chi connectivity index (χ0v) is 16.9. The highest BCUT2D eigenvalue weighted by Crippen LogP contribution is 2.39. The van der Waals surface area contributed by atoms with Crippen LogP contribution in [0.2, 0.25) is 10.0 Å². The van der Waals surface area contributed by atoms with Crippen molar-refractivity contribution in [1.29, 1.82) is 0 Å². The van der Waals surface area contributed by atoms with Crippen molar-refractivity contribution in [3.63, 3.8) is 0 Å². The highest BCUT2D eigenvalue weighted by atomic mass is 35.5. The van der Waals surface area contributed by atoms with Gasteiger partial charge in [-0.1, -0.05) is 53.2 Å². The number of carbonyl (C=O) groups is 1. The Balaban J connectivity index is 1.93. The van der Waals surface area contributed by atoms with Crippen LogP contribution in [-0.2, 0) is 4.79 Å². The fourth-order valence-corrected chi connectivity index (χ4v) is 4.67. The molecule has 0 spiro atoms. The van der Waals surface area contributed by atoms with Gasteiger partial charge in [-0.15, -0.1) is 0 Å². The van der Waals surface area contributed by atoms with Gasteiger partial charge in [0.05, 0.1) is 20.5 Å². The van der Waals surface area contributed by atoms with Gasteiger partial charge in [0.2, 0.25) is 0 Å². The van der Waals surface area contributed by atoms with Crippen LogP contribution in [-0.4, -0.2) is 20.7 Å². The number of nitrogens with zero attached hydrogens (tertiary/aromatic N) is 1. The molecule has 0 atom stereocenters. The predicted octanol–water partition coefficient (Wildman–Crippen LogP) is 6.25. The van der Waals surface area contributed by atoms with Gasteiger partial charge >= 0.3 is 0 Å². The molecular weight excluding hydrogens is 397 g/mol. The van der Waals surface area contributed by atoms with Crippen molar-refractivity contribution in [3.8, 4) is 11.3 Å². The molecule has 2 aromatic rings. The summed E-state index contributed by atoms with van der Waals surface area (Å²) >= 11 is 19.0. The molecule has 2 heterocycles. The summed E-state index contributed by atoms with van der Waals surface area (Å²) < 4.78 is 6.37. The van der Waals surface area contributed by atoms with Crippen molar-refractivity contribution in [2.75, 3.05) is 0 Å².